The molecule has 2 heteroatoms. The first-order valence-electron chi connectivity index (χ1n) is 12.1. The Morgan fingerprint density at radius 3 is 1.83 bits per heavy atom. The highest BCUT2D eigenvalue weighted by Gasteiger charge is 2.14. The Hall–Kier alpha value is -1.18. The summed E-state index contributed by atoms with van der Waals surface area (Å²) in [5, 5.41) is 20.3. The summed E-state index contributed by atoms with van der Waals surface area (Å²) < 4.78 is 0. The number of phenols is 2. The lowest BCUT2D eigenvalue weighted by Crippen LogP contribution is -2.08. The Labute approximate surface area is 181 Å². The minimum absolute atomic E-state index is 0.0509. The first-order chi connectivity index (χ1) is 13.5. The minimum atomic E-state index is 0.0509. The van der Waals surface area contributed by atoms with Crippen LogP contribution in [0.5, 0.6) is 11.5 Å². The third kappa shape index (κ3) is 11.6. The van der Waals surface area contributed by atoms with Gasteiger partial charge >= 0.3 is 0 Å². The molecular weight excluding hydrogens is 356 g/mol. The molecule has 1 aromatic rings. The van der Waals surface area contributed by atoms with Gasteiger partial charge in [0.2, 0.25) is 0 Å². The van der Waals surface area contributed by atoms with E-state index in [0.29, 0.717) is 10.8 Å². The van der Waals surface area contributed by atoms with E-state index in [-0.39, 0.29) is 11.5 Å². The maximum Gasteiger partial charge on any atom is 0.160 e. The molecule has 0 atom stereocenters. The molecule has 0 heterocycles. The normalized spacial score (nSPS) is 12.5. The third-order valence-corrected chi connectivity index (χ3v) is 6.38. The molecule has 0 radical (unpaired) electrons. The molecule has 0 bridgehead atoms. The topological polar surface area (TPSA) is 40.5 Å². The zero-order valence-electron chi connectivity index (χ0n) is 20.2. The van der Waals surface area contributed by atoms with Crippen LogP contribution in [0.25, 0.3) is 0 Å². The zero-order valence-corrected chi connectivity index (χ0v) is 20.2. The van der Waals surface area contributed by atoms with E-state index in [1.807, 2.05) is 0 Å². The molecule has 1 rings (SSSR count). The van der Waals surface area contributed by atoms with E-state index in [1.165, 1.54) is 57.8 Å². The Kier molecular flexibility index (Phi) is 11.1. The van der Waals surface area contributed by atoms with Crippen LogP contribution in [-0.2, 0) is 12.8 Å². The summed E-state index contributed by atoms with van der Waals surface area (Å²) in [6.07, 6.45) is 15.5. The number of unbranched alkanes of at least 4 members (excludes halogenated alkanes) is 6. The highest BCUT2D eigenvalue weighted by atomic mass is 16.3. The van der Waals surface area contributed by atoms with Gasteiger partial charge in [-0.3, -0.25) is 0 Å². The van der Waals surface area contributed by atoms with Crippen LogP contribution >= 0.6 is 0 Å². The van der Waals surface area contributed by atoms with Crippen molar-refractivity contribution in [3.63, 3.8) is 0 Å². The lowest BCUT2D eigenvalue weighted by molar-refractivity contribution is 0.307. The van der Waals surface area contributed by atoms with E-state index < -0.39 is 0 Å². The van der Waals surface area contributed by atoms with Crippen LogP contribution in [0.2, 0.25) is 0 Å². The third-order valence-electron chi connectivity index (χ3n) is 6.38. The van der Waals surface area contributed by atoms with E-state index in [2.05, 4.69) is 47.6 Å². The quantitative estimate of drug-likeness (QED) is 0.241. The summed E-state index contributed by atoms with van der Waals surface area (Å²) in [5.74, 6) is 0.139. The summed E-state index contributed by atoms with van der Waals surface area (Å²) in [5.41, 5.74) is 2.98. The maximum absolute atomic E-state index is 10.2. The molecule has 0 aromatic heterocycles. The van der Waals surface area contributed by atoms with Crippen LogP contribution in [-0.4, -0.2) is 10.2 Å². The molecule has 29 heavy (non-hydrogen) atoms. The molecule has 0 aliphatic rings. The van der Waals surface area contributed by atoms with Crippen LogP contribution in [0.15, 0.2) is 12.1 Å². The smallest absolute Gasteiger partial charge is 0.160 e. The van der Waals surface area contributed by atoms with E-state index in [0.717, 1.165) is 36.8 Å². The summed E-state index contributed by atoms with van der Waals surface area (Å²) >= 11 is 0. The van der Waals surface area contributed by atoms with Crippen molar-refractivity contribution in [1.82, 2.24) is 0 Å². The molecule has 0 amide bonds. The highest BCUT2D eigenvalue weighted by Crippen LogP contribution is 2.33. The number of hydrogen-bond acceptors (Lipinski definition) is 2. The van der Waals surface area contributed by atoms with Gasteiger partial charge in [0.15, 0.2) is 11.5 Å². The van der Waals surface area contributed by atoms with Crippen molar-refractivity contribution >= 4 is 0 Å². The molecule has 0 saturated heterocycles. The fourth-order valence-corrected chi connectivity index (χ4v) is 3.86. The Balaban J connectivity index is 2.35. The SMILES string of the molecule is CCC(C)(C)CCCCCCc1cc(O)c(O)c(CCCCCCC(C)(C)C)c1. The lowest BCUT2D eigenvalue weighted by atomic mass is 9.84. The molecule has 0 spiro atoms. The van der Waals surface area contributed by atoms with Gasteiger partial charge in [-0.05, 0) is 66.5 Å². The van der Waals surface area contributed by atoms with Gasteiger partial charge in [-0.25, -0.2) is 0 Å². The molecule has 2 nitrogen and oxygen atoms in total. The summed E-state index contributed by atoms with van der Waals surface area (Å²) in [4.78, 5) is 0. The lowest BCUT2D eigenvalue weighted by Gasteiger charge is -2.22. The van der Waals surface area contributed by atoms with E-state index in [9.17, 15) is 10.2 Å². The monoisotopic (exact) mass is 404 g/mol. The summed E-state index contributed by atoms with van der Waals surface area (Å²) in [6, 6.07) is 3.87. The van der Waals surface area contributed by atoms with Gasteiger partial charge in [0, 0.05) is 0 Å². The van der Waals surface area contributed by atoms with Crippen molar-refractivity contribution in [2.75, 3.05) is 0 Å². The number of hydrogen-bond donors (Lipinski definition) is 2. The molecule has 2 N–H and O–H groups in total. The molecule has 168 valence electrons. The van der Waals surface area contributed by atoms with Crippen LogP contribution < -0.4 is 0 Å². The molecule has 0 aliphatic carbocycles. The standard InChI is InChI=1S/C27H48O2/c1-7-27(5,6)19-15-11-8-12-16-22-20-23(25(29)24(28)21-22)17-13-9-10-14-18-26(2,3)4/h20-21,28-29H,7-19H2,1-6H3. The van der Waals surface area contributed by atoms with Crippen molar-refractivity contribution in [3.05, 3.63) is 23.3 Å². The fraction of sp³-hybridized carbons (Fsp3) is 0.778. The first kappa shape index (κ1) is 25.9. The first-order valence-corrected chi connectivity index (χ1v) is 12.1. The van der Waals surface area contributed by atoms with Crippen molar-refractivity contribution in [2.45, 2.75) is 125 Å². The van der Waals surface area contributed by atoms with Gasteiger partial charge in [-0.2, -0.15) is 0 Å². The molecule has 0 unspecified atom stereocenters. The molecule has 0 saturated carbocycles. The van der Waals surface area contributed by atoms with Gasteiger partial charge in [-0.1, -0.05) is 92.6 Å². The Bertz CT molecular complexity index is 581. The number of phenolic OH excluding ortho intramolecular Hbond substituents is 2. The highest BCUT2D eigenvalue weighted by molar-refractivity contribution is 5.47. The fourth-order valence-electron chi connectivity index (χ4n) is 3.86. The largest absolute Gasteiger partial charge is 0.504 e. The van der Waals surface area contributed by atoms with Gasteiger partial charge in [-0.15, -0.1) is 0 Å². The predicted octanol–water partition coefficient (Wildman–Crippen LogP) is 8.57. The number of aromatic hydroxyl groups is 2. The van der Waals surface area contributed by atoms with Gasteiger partial charge < -0.3 is 10.2 Å². The second-order valence-corrected chi connectivity index (χ2v) is 11.0. The van der Waals surface area contributed by atoms with Crippen LogP contribution in [0.3, 0.4) is 0 Å². The van der Waals surface area contributed by atoms with E-state index >= 15 is 0 Å². The minimum Gasteiger partial charge on any atom is -0.504 e. The van der Waals surface area contributed by atoms with Crippen LogP contribution in [0.4, 0.5) is 0 Å². The maximum atomic E-state index is 10.2. The summed E-state index contributed by atoms with van der Waals surface area (Å²) in [7, 11) is 0. The van der Waals surface area contributed by atoms with Gasteiger partial charge in [0.25, 0.3) is 0 Å². The van der Waals surface area contributed by atoms with Gasteiger partial charge in [0.1, 0.15) is 0 Å². The van der Waals surface area contributed by atoms with Crippen molar-refractivity contribution in [3.8, 4) is 11.5 Å². The van der Waals surface area contributed by atoms with E-state index in [1.54, 1.807) is 6.07 Å². The molecular formula is C27H48O2. The Morgan fingerprint density at radius 1 is 0.690 bits per heavy atom. The average molecular weight is 405 g/mol. The predicted molar refractivity (Wildman–Crippen MR) is 127 cm³/mol. The number of rotatable bonds is 14. The molecule has 1 aromatic carbocycles. The number of benzene rings is 1. The second kappa shape index (κ2) is 12.5. The van der Waals surface area contributed by atoms with Crippen LogP contribution in [0, 0.1) is 10.8 Å². The molecule has 0 fully saturated rings. The van der Waals surface area contributed by atoms with Crippen molar-refractivity contribution in [1.29, 1.82) is 0 Å². The second-order valence-electron chi connectivity index (χ2n) is 11.0. The molecule has 0 aliphatic heterocycles. The van der Waals surface area contributed by atoms with Crippen molar-refractivity contribution in [2.24, 2.45) is 10.8 Å². The average Bonchev–Trinajstić information content (AvgIpc) is 2.63. The summed E-state index contributed by atoms with van der Waals surface area (Å²) in [6.45, 7) is 13.9. The number of aryl methyl sites for hydroxylation is 2. The Morgan fingerprint density at radius 2 is 1.24 bits per heavy atom. The zero-order chi connectivity index (χ0) is 21.9. The van der Waals surface area contributed by atoms with Gasteiger partial charge in [0.05, 0.1) is 0 Å². The van der Waals surface area contributed by atoms with Crippen molar-refractivity contribution < 1.29 is 10.2 Å². The van der Waals surface area contributed by atoms with Crippen LogP contribution in [0.1, 0.15) is 123 Å². The van der Waals surface area contributed by atoms with E-state index in [4.69, 9.17) is 0 Å².